The molecule has 1 aliphatic rings. The minimum absolute atomic E-state index is 0.0837. The fourth-order valence-electron chi connectivity index (χ4n) is 1.19. The van der Waals surface area contributed by atoms with Gasteiger partial charge in [-0.2, -0.15) is 0 Å². The van der Waals surface area contributed by atoms with Gasteiger partial charge in [-0.05, 0) is 6.92 Å². The second kappa shape index (κ2) is 5.01. The minimum atomic E-state index is -1.17. The Bertz CT molecular complexity index is 258. The van der Waals surface area contributed by atoms with Gasteiger partial charge < -0.3 is 4.74 Å². The molecular weight excluding hydrogens is 208 g/mol. The van der Waals surface area contributed by atoms with E-state index in [1.165, 1.54) is 7.11 Å². The molecule has 0 aromatic heterocycles. The first kappa shape index (κ1) is 11.8. The Morgan fingerprint density at radius 2 is 2.40 bits per heavy atom. The van der Waals surface area contributed by atoms with E-state index in [9.17, 15) is 14.9 Å². The van der Waals surface area contributed by atoms with Gasteiger partial charge in [0.1, 0.15) is 0 Å². The van der Waals surface area contributed by atoms with E-state index >= 15 is 0 Å². The van der Waals surface area contributed by atoms with Crippen molar-refractivity contribution < 1.29 is 24.1 Å². The standard InChI is InChI=1S/C7H12N2O6/c1-3-14-9-6(8(11)12)4-5(15-9)7(10)13-2/h5-6H,3-4H2,1-2H3. The molecule has 1 saturated heterocycles. The van der Waals surface area contributed by atoms with Crippen molar-refractivity contribution in [2.75, 3.05) is 13.7 Å². The second-order valence-electron chi connectivity index (χ2n) is 2.82. The quantitative estimate of drug-likeness (QED) is 0.365. The number of hydrogen-bond donors (Lipinski definition) is 0. The summed E-state index contributed by atoms with van der Waals surface area (Å²) in [5, 5.41) is 11.3. The fourth-order valence-corrected chi connectivity index (χ4v) is 1.19. The zero-order chi connectivity index (χ0) is 11.4. The van der Waals surface area contributed by atoms with Crippen LogP contribution in [0.4, 0.5) is 0 Å². The van der Waals surface area contributed by atoms with E-state index in [4.69, 9.17) is 9.68 Å². The lowest BCUT2D eigenvalue weighted by atomic mass is 10.2. The predicted octanol–water partition coefficient (Wildman–Crippen LogP) is -0.280. The number of hydroxylamine groups is 2. The number of nitrogens with zero attached hydrogens (tertiary/aromatic N) is 2. The Balaban J connectivity index is 2.64. The fraction of sp³-hybridized carbons (Fsp3) is 0.857. The number of carbonyl (C=O) groups excluding carboxylic acids is 1. The van der Waals surface area contributed by atoms with Crippen molar-refractivity contribution in [2.24, 2.45) is 0 Å². The second-order valence-corrected chi connectivity index (χ2v) is 2.82. The number of carbonyl (C=O) groups is 1. The van der Waals surface area contributed by atoms with Crippen LogP contribution < -0.4 is 0 Å². The summed E-state index contributed by atoms with van der Waals surface area (Å²) in [5.41, 5.74) is 0. The summed E-state index contributed by atoms with van der Waals surface area (Å²) in [5.74, 6) is -0.649. The normalized spacial score (nSPS) is 26.5. The first-order chi connectivity index (χ1) is 7.10. The predicted molar refractivity (Wildman–Crippen MR) is 45.8 cm³/mol. The largest absolute Gasteiger partial charge is 0.467 e. The maximum Gasteiger partial charge on any atom is 0.337 e. The van der Waals surface area contributed by atoms with Crippen molar-refractivity contribution in [3.63, 3.8) is 0 Å². The van der Waals surface area contributed by atoms with Crippen LogP contribution in [-0.2, 0) is 19.2 Å². The molecule has 0 aromatic carbocycles. The van der Waals surface area contributed by atoms with Gasteiger partial charge in [0, 0.05) is 10.1 Å². The van der Waals surface area contributed by atoms with Crippen LogP contribution in [0.2, 0.25) is 0 Å². The molecule has 0 aromatic rings. The van der Waals surface area contributed by atoms with Gasteiger partial charge >= 0.3 is 12.1 Å². The highest BCUT2D eigenvalue weighted by Gasteiger charge is 2.46. The van der Waals surface area contributed by atoms with E-state index < -0.39 is 23.2 Å². The summed E-state index contributed by atoms with van der Waals surface area (Å²) < 4.78 is 4.42. The summed E-state index contributed by atoms with van der Waals surface area (Å²) in [6.45, 7) is 1.88. The molecular formula is C7H12N2O6. The van der Waals surface area contributed by atoms with Crippen LogP contribution in [0.1, 0.15) is 13.3 Å². The maximum absolute atomic E-state index is 11.1. The Hall–Kier alpha value is -1.25. The molecule has 1 rings (SSSR count). The number of nitro groups is 1. The maximum atomic E-state index is 11.1. The van der Waals surface area contributed by atoms with E-state index in [2.05, 4.69) is 4.74 Å². The lowest BCUT2D eigenvalue weighted by Crippen LogP contribution is -2.34. The summed E-state index contributed by atoms with van der Waals surface area (Å²) in [6.07, 6.45) is -2.23. The van der Waals surface area contributed by atoms with E-state index in [1.54, 1.807) is 6.92 Å². The molecule has 0 amide bonds. The molecule has 2 unspecified atom stereocenters. The van der Waals surface area contributed by atoms with Crippen molar-refractivity contribution in [3.05, 3.63) is 10.1 Å². The highest BCUT2D eigenvalue weighted by Crippen LogP contribution is 2.22. The number of ether oxygens (including phenoxy) is 1. The first-order valence-corrected chi connectivity index (χ1v) is 4.40. The molecule has 8 nitrogen and oxygen atoms in total. The van der Waals surface area contributed by atoms with Crippen molar-refractivity contribution in [3.8, 4) is 0 Å². The molecule has 86 valence electrons. The van der Waals surface area contributed by atoms with Gasteiger partial charge in [0.25, 0.3) is 0 Å². The number of hydrogen-bond acceptors (Lipinski definition) is 7. The van der Waals surface area contributed by atoms with Crippen LogP contribution in [0.3, 0.4) is 0 Å². The number of methoxy groups -OCH3 is 1. The molecule has 0 bridgehead atoms. The monoisotopic (exact) mass is 220 g/mol. The summed E-state index contributed by atoms with van der Waals surface area (Å²) in [4.78, 5) is 30.9. The van der Waals surface area contributed by atoms with Gasteiger partial charge in [-0.15, -0.1) is 0 Å². The van der Waals surface area contributed by atoms with Crippen LogP contribution in [0.15, 0.2) is 0 Å². The lowest BCUT2D eigenvalue weighted by Gasteiger charge is -2.14. The zero-order valence-electron chi connectivity index (χ0n) is 8.41. The van der Waals surface area contributed by atoms with Crippen molar-refractivity contribution in [1.29, 1.82) is 0 Å². The minimum Gasteiger partial charge on any atom is -0.467 e. The van der Waals surface area contributed by atoms with Gasteiger partial charge in [0.05, 0.1) is 20.1 Å². The Morgan fingerprint density at radius 3 is 2.87 bits per heavy atom. The number of rotatable bonds is 4. The van der Waals surface area contributed by atoms with Crippen molar-refractivity contribution >= 4 is 5.97 Å². The lowest BCUT2D eigenvalue weighted by molar-refractivity contribution is -0.598. The number of esters is 1. The molecule has 2 atom stereocenters. The average Bonchev–Trinajstić information content (AvgIpc) is 2.61. The smallest absolute Gasteiger partial charge is 0.337 e. The van der Waals surface area contributed by atoms with Crippen LogP contribution in [0.25, 0.3) is 0 Å². The molecule has 1 aliphatic heterocycles. The van der Waals surface area contributed by atoms with E-state index in [-0.39, 0.29) is 13.0 Å². The Morgan fingerprint density at radius 1 is 1.73 bits per heavy atom. The van der Waals surface area contributed by atoms with Crippen LogP contribution >= 0.6 is 0 Å². The first-order valence-electron chi connectivity index (χ1n) is 4.40. The summed E-state index contributed by atoms with van der Waals surface area (Å²) >= 11 is 0. The molecule has 0 radical (unpaired) electrons. The summed E-state index contributed by atoms with van der Waals surface area (Å²) in [6, 6.07) is 0. The Labute approximate surface area is 85.7 Å². The molecule has 1 heterocycles. The molecule has 0 aliphatic carbocycles. The summed E-state index contributed by atoms with van der Waals surface area (Å²) in [7, 11) is 1.19. The van der Waals surface area contributed by atoms with E-state index in [0.29, 0.717) is 0 Å². The highest BCUT2D eigenvalue weighted by atomic mass is 17.0. The van der Waals surface area contributed by atoms with E-state index in [1.807, 2.05) is 0 Å². The van der Waals surface area contributed by atoms with E-state index in [0.717, 1.165) is 5.23 Å². The van der Waals surface area contributed by atoms with Crippen LogP contribution in [0.5, 0.6) is 0 Å². The third kappa shape index (κ3) is 2.61. The third-order valence-electron chi connectivity index (χ3n) is 1.86. The molecule has 0 saturated carbocycles. The topological polar surface area (TPSA) is 91.1 Å². The highest BCUT2D eigenvalue weighted by molar-refractivity contribution is 5.74. The van der Waals surface area contributed by atoms with Crippen LogP contribution in [0, 0.1) is 10.1 Å². The molecule has 8 heteroatoms. The van der Waals surface area contributed by atoms with Crippen LogP contribution in [-0.4, -0.2) is 42.1 Å². The van der Waals surface area contributed by atoms with Gasteiger partial charge in [-0.25, -0.2) is 4.79 Å². The molecule has 1 fully saturated rings. The molecule has 15 heavy (non-hydrogen) atoms. The zero-order valence-corrected chi connectivity index (χ0v) is 8.41. The molecule has 0 spiro atoms. The van der Waals surface area contributed by atoms with Gasteiger partial charge in [-0.1, -0.05) is 0 Å². The van der Waals surface area contributed by atoms with Gasteiger partial charge in [0.2, 0.25) is 0 Å². The third-order valence-corrected chi connectivity index (χ3v) is 1.86. The van der Waals surface area contributed by atoms with Gasteiger partial charge in [0.15, 0.2) is 6.10 Å². The Kier molecular flexibility index (Phi) is 3.95. The average molecular weight is 220 g/mol. The molecule has 0 N–H and O–H groups in total. The SMILES string of the molecule is CCON1OC(C(=O)OC)CC1[N+](=O)[O-]. The van der Waals surface area contributed by atoms with Gasteiger partial charge in [-0.3, -0.25) is 19.8 Å². The van der Waals surface area contributed by atoms with Crippen molar-refractivity contribution in [2.45, 2.75) is 25.6 Å². The van der Waals surface area contributed by atoms with Crippen molar-refractivity contribution in [1.82, 2.24) is 5.23 Å².